The van der Waals surface area contributed by atoms with E-state index < -0.39 is 0 Å². The minimum absolute atomic E-state index is 0.168. The summed E-state index contributed by atoms with van der Waals surface area (Å²) in [4.78, 5) is 20.3. The van der Waals surface area contributed by atoms with Gasteiger partial charge in [-0.15, -0.1) is 11.3 Å². The molecule has 0 unspecified atom stereocenters. The monoisotopic (exact) mass is 417 g/mol. The quantitative estimate of drug-likeness (QED) is 0.470. The number of hydrogen-bond donors (Lipinski definition) is 2. The van der Waals surface area contributed by atoms with E-state index in [-0.39, 0.29) is 17.9 Å². The van der Waals surface area contributed by atoms with Gasteiger partial charge in [-0.05, 0) is 0 Å². The van der Waals surface area contributed by atoms with Crippen LogP contribution in [0.4, 0.5) is 4.39 Å². The van der Waals surface area contributed by atoms with Crippen molar-refractivity contribution in [2.24, 2.45) is 7.05 Å². The zero-order valence-corrected chi connectivity index (χ0v) is 16.1. The molecule has 5 aromatic rings. The minimum Gasteiger partial charge on any atom is -0.365 e. The first-order valence-corrected chi connectivity index (χ1v) is 9.55. The van der Waals surface area contributed by atoms with Crippen molar-refractivity contribution in [1.82, 2.24) is 34.5 Å². The molecule has 5 rings (SSSR count). The maximum Gasteiger partial charge on any atom is 0.291 e. The van der Waals surface area contributed by atoms with Crippen molar-refractivity contribution in [2.45, 2.75) is 13.0 Å². The third kappa shape index (κ3) is 2.56. The van der Waals surface area contributed by atoms with E-state index >= 15 is 0 Å². The first-order valence-electron chi connectivity index (χ1n) is 8.36. The molecule has 0 atom stereocenters. The van der Waals surface area contributed by atoms with Gasteiger partial charge in [-0.25, -0.2) is 14.1 Å². The van der Waals surface area contributed by atoms with Crippen LogP contribution in [0.1, 0.15) is 16.3 Å². The van der Waals surface area contributed by atoms with Crippen molar-refractivity contribution >= 4 is 44.2 Å². The second-order valence-corrected chi connectivity index (χ2v) is 7.86. The Morgan fingerprint density at radius 3 is 2.89 bits per heavy atom. The summed E-state index contributed by atoms with van der Waals surface area (Å²) in [5.41, 5.74) is 2.04. The maximum atomic E-state index is 13.7. The largest absolute Gasteiger partial charge is 0.365 e. The van der Waals surface area contributed by atoms with Crippen LogP contribution in [0.5, 0.6) is 0 Å². The van der Waals surface area contributed by atoms with Crippen molar-refractivity contribution in [1.29, 1.82) is 0 Å². The van der Waals surface area contributed by atoms with E-state index in [0.29, 0.717) is 33.9 Å². The van der Waals surface area contributed by atoms with E-state index in [0.717, 1.165) is 15.1 Å². The predicted octanol–water partition coefficient (Wildman–Crippen LogP) is 2.83. The van der Waals surface area contributed by atoms with Gasteiger partial charge in [-0.2, -0.15) is 10.2 Å². The number of aromatic amines is 2. The SMILES string of the molecule is Cn1c2nc(Cc3c[nH]cc3F)sc2c2cnn(Cc3n[nH]cc3Cl)c(=O)c21. The molecule has 0 saturated heterocycles. The molecule has 8 nitrogen and oxygen atoms in total. The summed E-state index contributed by atoms with van der Waals surface area (Å²) in [5.74, 6) is -0.286. The smallest absolute Gasteiger partial charge is 0.291 e. The lowest BCUT2D eigenvalue weighted by molar-refractivity contribution is 0.617. The molecule has 0 aliphatic heterocycles. The molecule has 0 aliphatic carbocycles. The number of nitrogens with zero attached hydrogens (tertiary/aromatic N) is 5. The van der Waals surface area contributed by atoms with Crippen LogP contribution < -0.4 is 5.56 Å². The number of hydrogen-bond acceptors (Lipinski definition) is 5. The molecule has 28 heavy (non-hydrogen) atoms. The predicted molar refractivity (Wildman–Crippen MR) is 104 cm³/mol. The van der Waals surface area contributed by atoms with Crippen LogP contribution in [-0.2, 0) is 20.0 Å². The number of halogens is 2. The second kappa shape index (κ2) is 6.28. The van der Waals surface area contributed by atoms with E-state index in [1.165, 1.54) is 22.2 Å². The van der Waals surface area contributed by atoms with Crippen LogP contribution >= 0.6 is 22.9 Å². The summed E-state index contributed by atoms with van der Waals surface area (Å²) in [7, 11) is 1.79. The second-order valence-electron chi connectivity index (χ2n) is 6.37. The summed E-state index contributed by atoms with van der Waals surface area (Å²) >= 11 is 7.48. The van der Waals surface area contributed by atoms with Gasteiger partial charge in [0.25, 0.3) is 5.56 Å². The van der Waals surface area contributed by atoms with Gasteiger partial charge in [0, 0.05) is 43.0 Å². The number of rotatable bonds is 4. The molecule has 0 radical (unpaired) electrons. The summed E-state index contributed by atoms with van der Waals surface area (Å²) < 4.78 is 17.6. The van der Waals surface area contributed by atoms with Crippen molar-refractivity contribution in [3.05, 3.63) is 62.2 Å². The lowest BCUT2D eigenvalue weighted by Crippen LogP contribution is -2.24. The van der Waals surface area contributed by atoms with Gasteiger partial charge in [0.05, 0.1) is 22.5 Å². The fraction of sp³-hybridized carbons (Fsp3) is 0.176. The number of aryl methyl sites for hydroxylation is 1. The number of fused-ring (bicyclic) bond motifs is 3. The summed E-state index contributed by atoms with van der Waals surface area (Å²) in [6, 6.07) is 0. The molecule has 11 heteroatoms. The van der Waals surface area contributed by atoms with Crippen LogP contribution in [-0.4, -0.2) is 34.5 Å². The Morgan fingerprint density at radius 1 is 1.32 bits per heavy atom. The highest BCUT2D eigenvalue weighted by Gasteiger charge is 2.19. The van der Waals surface area contributed by atoms with Gasteiger partial charge >= 0.3 is 0 Å². The lowest BCUT2D eigenvalue weighted by atomic mass is 10.2. The van der Waals surface area contributed by atoms with Gasteiger partial charge in [-0.1, -0.05) is 11.6 Å². The van der Waals surface area contributed by atoms with Crippen molar-refractivity contribution in [2.75, 3.05) is 0 Å². The lowest BCUT2D eigenvalue weighted by Gasteiger charge is -2.04. The van der Waals surface area contributed by atoms with E-state index in [2.05, 4.69) is 25.3 Å². The van der Waals surface area contributed by atoms with Crippen LogP contribution in [0.2, 0.25) is 5.02 Å². The van der Waals surface area contributed by atoms with Gasteiger partial charge in [0.15, 0.2) is 5.65 Å². The van der Waals surface area contributed by atoms with Crippen molar-refractivity contribution in [3.63, 3.8) is 0 Å². The molecule has 0 spiro atoms. The van der Waals surface area contributed by atoms with Crippen LogP contribution in [0.3, 0.4) is 0 Å². The van der Waals surface area contributed by atoms with E-state index in [4.69, 9.17) is 11.6 Å². The molecule has 0 saturated carbocycles. The number of aromatic nitrogens is 7. The van der Waals surface area contributed by atoms with Gasteiger partial charge in [-0.3, -0.25) is 9.89 Å². The molecule has 5 heterocycles. The molecule has 142 valence electrons. The molecule has 0 amide bonds. The molecule has 2 N–H and O–H groups in total. The van der Waals surface area contributed by atoms with Crippen LogP contribution in [0, 0.1) is 5.82 Å². The topological polar surface area (TPSA) is 97.2 Å². The number of nitrogens with one attached hydrogen (secondary N) is 2. The summed E-state index contributed by atoms with van der Waals surface area (Å²) in [5, 5.41) is 12.9. The Hall–Kier alpha value is -2.98. The first-order chi connectivity index (χ1) is 13.5. The molecule has 0 aliphatic rings. The molecular weight excluding hydrogens is 405 g/mol. The Balaban J connectivity index is 1.60. The first kappa shape index (κ1) is 17.1. The number of thiazole rings is 1. The standard InChI is InChI=1S/C17H13ClFN7OS/c1-25-14-9(4-22-26(17(14)27)7-12-10(18)5-21-24-12)15-16(25)23-13(28-15)2-8-3-20-6-11(8)19/h3-6,20H,2,7H2,1H3,(H,21,24). The summed E-state index contributed by atoms with van der Waals surface area (Å²) in [6.45, 7) is 0.168. The zero-order chi connectivity index (χ0) is 19.4. The average Bonchev–Trinajstić information content (AvgIpc) is 3.41. The normalized spacial score (nSPS) is 11.8. The van der Waals surface area contributed by atoms with Gasteiger partial charge in [0.2, 0.25) is 0 Å². The molecule has 5 aromatic heterocycles. The molecular formula is C17H13ClFN7OS. The third-order valence-corrected chi connectivity index (χ3v) is 6.06. The Kier molecular flexibility index (Phi) is 3.84. The summed E-state index contributed by atoms with van der Waals surface area (Å²) in [6.07, 6.45) is 6.53. The van der Waals surface area contributed by atoms with Crippen molar-refractivity contribution < 1.29 is 4.39 Å². The van der Waals surface area contributed by atoms with Gasteiger partial charge in [0.1, 0.15) is 22.0 Å². The zero-order valence-electron chi connectivity index (χ0n) is 14.5. The van der Waals surface area contributed by atoms with Crippen LogP contribution in [0.15, 0.2) is 29.6 Å². The fourth-order valence-corrected chi connectivity index (χ4v) is 4.53. The van der Waals surface area contributed by atoms with Crippen LogP contribution in [0.25, 0.3) is 21.3 Å². The number of H-pyrrole nitrogens is 2. The van der Waals surface area contributed by atoms with E-state index in [1.54, 1.807) is 30.2 Å². The van der Waals surface area contributed by atoms with E-state index in [9.17, 15) is 9.18 Å². The molecule has 0 bridgehead atoms. The highest BCUT2D eigenvalue weighted by Crippen LogP contribution is 2.32. The highest BCUT2D eigenvalue weighted by molar-refractivity contribution is 7.19. The Morgan fingerprint density at radius 2 is 2.18 bits per heavy atom. The minimum atomic E-state index is -0.286. The van der Waals surface area contributed by atoms with Gasteiger partial charge < -0.3 is 9.55 Å². The van der Waals surface area contributed by atoms with E-state index in [1.807, 2.05) is 0 Å². The third-order valence-electron chi connectivity index (χ3n) is 4.65. The Bertz CT molecular complexity index is 1390. The molecule has 0 aromatic carbocycles. The highest BCUT2D eigenvalue weighted by atomic mass is 35.5. The molecule has 0 fully saturated rings. The average molecular weight is 418 g/mol. The maximum absolute atomic E-state index is 13.7. The Labute approximate surface area is 165 Å². The fourth-order valence-electron chi connectivity index (χ4n) is 3.25. The van der Waals surface area contributed by atoms with Crippen molar-refractivity contribution in [3.8, 4) is 0 Å².